The fraction of sp³-hybridized carbons (Fsp3) is 0.250. The highest BCUT2D eigenvalue weighted by atomic mass is 79.9. The van der Waals surface area contributed by atoms with Crippen molar-refractivity contribution in [2.75, 3.05) is 11.9 Å². The Balaban J connectivity index is 2.34. The van der Waals surface area contributed by atoms with Crippen molar-refractivity contribution in [3.05, 3.63) is 55.7 Å². The third-order valence-electron chi connectivity index (χ3n) is 3.23. The summed E-state index contributed by atoms with van der Waals surface area (Å²) < 4.78 is 2.09. The predicted octanol–water partition coefficient (Wildman–Crippen LogP) is 2.59. The molecule has 1 aromatic heterocycles. The lowest BCUT2D eigenvalue weighted by molar-refractivity contribution is -0.00685. The zero-order chi connectivity index (χ0) is 18.6. The summed E-state index contributed by atoms with van der Waals surface area (Å²) in [6, 6.07) is 7.85. The van der Waals surface area contributed by atoms with E-state index in [1.165, 1.54) is 30.7 Å². The number of amides is 1. The van der Waals surface area contributed by atoms with Crippen molar-refractivity contribution >= 4 is 44.9 Å². The SMILES string of the molecule is C[C@H](O)CONC(=O)c1ccc(=O)n(C)c1Nc1ccc(Br)cc1Cl. The van der Waals surface area contributed by atoms with Gasteiger partial charge in [0.2, 0.25) is 0 Å². The number of aliphatic hydroxyl groups is 1. The van der Waals surface area contributed by atoms with Crippen LogP contribution < -0.4 is 16.4 Å². The molecule has 9 heteroatoms. The molecule has 0 aliphatic carbocycles. The number of rotatable bonds is 6. The number of anilines is 2. The van der Waals surface area contributed by atoms with Crippen molar-refractivity contribution in [3.8, 4) is 0 Å². The zero-order valence-electron chi connectivity index (χ0n) is 13.5. The van der Waals surface area contributed by atoms with Gasteiger partial charge in [-0.3, -0.25) is 19.0 Å². The summed E-state index contributed by atoms with van der Waals surface area (Å²) >= 11 is 9.51. The molecule has 1 aromatic carbocycles. The number of halogens is 2. The van der Waals surface area contributed by atoms with Crippen LogP contribution in [0.2, 0.25) is 5.02 Å². The highest BCUT2D eigenvalue weighted by molar-refractivity contribution is 9.10. The van der Waals surface area contributed by atoms with E-state index in [1.807, 2.05) is 0 Å². The molecule has 1 atom stereocenters. The van der Waals surface area contributed by atoms with Crippen molar-refractivity contribution in [2.24, 2.45) is 7.05 Å². The first-order valence-electron chi connectivity index (χ1n) is 7.32. The van der Waals surface area contributed by atoms with Gasteiger partial charge in [-0.25, -0.2) is 5.48 Å². The smallest absolute Gasteiger partial charge is 0.278 e. The summed E-state index contributed by atoms with van der Waals surface area (Å²) in [6.07, 6.45) is -0.723. The molecular weight excluding hydrogens is 414 g/mol. The molecule has 0 spiro atoms. The van der Waals surface area contributed by atoms with Gasteiger partial charge < -0.3 is 10.4 Å². The second kappa shape index (κ2) is 8.48. The average molecular weight is 431 g/mol. The van der Waals surface area contributed by atoms with E-state index in [2.05, 4.69) is 26.7 Å². The van der Waals surface area contributed by atoms with Gasteiger partial charge in [-0.05, 0) is 31.2 Å². The largest absolute Gasteiger partial charge is 0.391 e. The van der Waals surface area contributed by atoms with Gasteiger partial charge in [0.05, 0.1) is 22.4 Å². The van der Waals surface area contributed by atoms with E-state index in [0.717, 1.165) is 4.47 Å². The minimum atomic E-state index is -0.723. The van der Waals surface area contributed by atoms with Gasteiger partial charge in [-0.15, -0.1) is 0 Å². The van der Waals surface area contributed by atoms with Crippen LogP contribution in [0.15, 0.2) is 39.6 Å². The monoisotopic (exact) mass is 429 g/mol. The van der Waals surface area contributed by atoms with E-state index in [9.17, 15) is 9.59 Å². The van der Waals surface area contributed by atoms with Gasteiger partial charge in [0.1, 0.15) is 12.4 Å². The number of carbonyl (C=O) groups excluding carboxylic acids is 1. The minimum absolute atomic E-state index is 0.0567. The van der Waals surface area contributed by atoms with Crippen LogP contribution in [0.3, 0.4) is 0 Å². The van der Waals surface area contributed by atoms with E-state index in [1.54, 1.807) is 18.2 Å². The molecule has 1 amide bonds. The molecule has 2 aromatic rings. The Hall–Kier alpha value is -1.87. The van der Waals surface area contributed by atoms with Crippen LogP contribution in [0.4, 0.5) is 11.5 Å². The Bertz CT molecular complexity index is 839. The minimum Gasteiger partial charge on any atom is -0.391 e. The van der Waals surface area contributed by atoms with Crippen LogP contribution in [-0.2, 0) is 11.9 Å². The summed E-state index contributed by atoms with van der Waals surface area (Å²) in [7, 11) is 1.53. The van der Waals surface area contributed by atoms with Crippen LogP contribution in [0.25, 0.3) is 0 Å². The normalized spacial score (nSPS) is 11.9. The van der Waals surface area contributed by atoms with Crippen molar-refractivity contribution in [1.29, 1.82) is 0 Å². The van der Waals surface area contributed by atoms with E-state index in [4.69, 9.17) is 21.5 Å². The Morgan fingerprint density at radius 3 is 2.76 bits per heavy atom. The fourth-order valence-corrected chi connectivity index (χ4v) is 2.69. The average Bonchev–Trinajstić information content (AvgIpc) is 2.53. The molecule has 1 heterocycles. The van der Waals surface area contributed by atoms with Crippen LogP contribution in [0, 0.1) is 0 Å². The van der Waals surface area contributed by atoms with Gasteiger partial charge >= 0.3 is 0 Å². The molecule has 7 nitrogen and oxygen atoms in total. The van der Waals surface area contributed by atoms with Crippen LogP contribution in [0.1, 0.15) is 17.3 Å². The highest BCUT2D eigenvalue weighted by Crippen LogP contribution is 2.29. The number of benzene rings is 1. The van der Waals surface area contributed by atoms with Gasteiger partial charge in [-0.2, -0.15) is 0 Å². The lowest BCUT2D eigenvalue weighted by Crippen LogP contribution is -2.30. The Morgan fingerprint density at radius 2 is 2.12 bits per heavy atom. The van der Waals surface area contributed by atoms with E-state index in [-0.39, 0.29) is 23.5 Å². The van der Waals surface area contributed by atoms with Gasteiger partial charge in [0.15, 0.2) is 0 Å². The van der Waals surface area contributed by atoms with Crippen molar-refractivity contribution in [1.82, 2.24) is 10.0 Å². The number of nitrogens with one attached hydrogen (secondary N) is 2. The molecule has 0 saturated heterocycles. The number of hydrogen-bond donors (Lipinski definition) is 3. The van der Waals surface area contributed by atoms with E-state index in [0.29, 0.717) is 10.7 Å². The molecule has 134 valence electrons. The van der Waals surface area contributed by atoms with Crippen molar-refractivity contribution in [3.63, 3.8) is 0 Å². The second-order valence-electron chi connectivity index (χ2n) is 5.33. The maximum absolute atomic E-state index is 12.3. The molecule has 0 radical (unpaired) electrons. The molecule has 25 heavy (non-hydrogen) atoms. The van der Waals surface area contributed by atoms with Gasteiger partial charge in [-0.1, -0.05) is 27.5 Å². The number of nitrogens with zero attached hydrogens (tertiary/aromatic N) is 1. The quantitative estimate of drug-likeness (QED) is 0.613. The molecule has 0 unspecified atom stereocenters. The summed E-state index contributed by atoms with van der Waals surface area (Å²) in [5.41, 5.74) is 2.66. The lowest BCUT2D eigenvalue weighted by Gasteiger charge is -2.16. The van der Waals surface area contributed by atoms with Gasteiger partial charge in [0, 0.05) is 17.6 Å². The third-order valence-corrected chi connectivity index (χ3v) is 4.04. The van der Waals surface area contributed by atoms with Crippen molar-refractivity contribution in [2.45, 2.75) is 13.0 Å². The highest BCUT2D eigenvalue weighted by Gasteiger charge is 2.16. The maximum atomic E-state index is 12.3. The van der Waals surface area contributed by atoms with Crippen molar-refractivity contribution < 1.29 is 14.7 Å². The Labute approximate surface area is 157 Å². The summed E-state index contributed by atoms with van der Waals surface area (Å²) in [6.45, 7) is 1.47. The first-order chi connectivity index (χ1) is 11.8. The molecule has 0 saturated carbocycles. The second-order valence-corrected chi connectivity index (χ2v) is 6.66. The summed E-state index contributed by atoms with van der Waals surface area (Å²) in [5, 5.41) is 12.6. The number of aliphatic hydroxyl groups excluding tert-OH is 1. The number of carbonyl (C=O) groups is 1. The van der Waals surface area contributed by atoms with Crippen LogP contribution >= 0.6 is 27.5 Å². The Kier molecular flexibility index (Phi) is 6.60. The van der Waals surface area contributed by atoms with Gasteiger partial charge in [0.25, 0.3) is 11.5 Å². The van der Waals surface area contributed by atoms with Crippen LogP contribution in [0.5, 0.6) is 0 Å². The molecule has 2 rings (SSSR count). The number of aromatic nitrogens is 1. The predicted molar refractivity (Wildman–Crippen MR) is 99.2 cm³/mol. The molecule has 0 aliphatic heterocycles. The molecule has 0 aliphatic rings. The standard InChI is InChI=1S/C16H17BrClN3O4/c1-9(22)8-25-20-16(24)11-4-6-14(23)21(2)15(11)19-13-5-3-10(17)7-12(13)18/h3-7,9,19,22H,8H2,1-2H3,(H,20,24)/t9-/m0/s1. The third kappa shape index (κ3) is 5.05. The zero-order valence-corrected chi connectivity index (χ0v) is 15.9. The molecule has 0 bridgehead atoms. The number of hydroxylamine groups is 1. The first-order valence-corrected chi connectivity index (χ1v) is 8.49. The van der Waals surface area contributed by atoms with Crippen LogP contribution in [-0.4, -0.2) is 28.3 Å². The first kappa shape index (κ1) is 19.5. The maximum Gasteiger partial charge on any atom is 0.278 e. The number of pyridine rings is 1. The summed E-state index contributed by atoms with van der Waals surface area (Å²) in [4.78, 5) is 29.2. The fourth-order valence-electron chi connectivity index (χ4n) is 1.97. The number of hydrogen-bond acceptors (Lipinski definition) is 5. The lowest BCUT2D eigenvalue weighted by atomic mass is 10.2. The topological polar surface area (TPSA) is 92.6 Å². The molecular formula is C16H17BrClN3O4. The molecule has 3 N–H and O–H groups in total. The Morgan fingerprint density at radius 1 is 1.40 bits per heavy atom. The summed E-state index contributed by atoms with van der Waals surface area (Å²) in [5.74, 6) is -0.304. The van der Waals surface area contributed by atoms with E-state index < -0.39 is 12.0 Å². The van der Waals surface area contributed by atoms with E-state index >= 15 is 0 Å². The molecule has 0 fully saturated rings.